The molecule has 0 unspecified atom stereocenters. The highest BCUT2D eigenvalue weighted by Gasteiger charge is 2.28. The van der Waals surface area contributed by atoms with Crippen molar-refractivity contribution in [2.24, 2.45) is 5.14 Å². The first-order chi connectivity index (χ1) is 13.1. The highest BCUT2D eigenvalue weighted by molar-refractivity contribution is 7.89. The first kappa shape index (κ1) is 18.9. The van der Waals surface area contributed by atoms with Gasteiger partial charge in [0.15, 0.2) is 0 Å². The molecule has 1 aliphatic rings. The molecule has 0 spiro atoms. The molecule has 10 heteroatoms. The number of carbonyl (C=O) groups excluding carboxylic acids is 1. The largest absolute Gasteiger partial charge is 0.321 e. The van der Waals surface area contributed by atoms with E-state index in [1.54, 1.807) is 0 Å². The number of nitrogens with two attached hydrogens (primary N) is 1. The molecule has 4 rings (SSSR count). The molecule has 3 aromatic rings. The van der Waals surface area contributed by atoms with Gasteiger partial charge in [-0.3, -0.25) is 4.79 Å². The predicted octanol–water partition coefficient (Wildman–Crippen LogP) is 3.22. The quantitative estimate of drug-likeness (QED) is 0.672. The molecule has 0 aliphatic heterocycles. The number of aryl methyl sites for hydroxylation is 2. The van der Waals surface area contributed by atoms with Gasteiger partial charge in [-0.2, -0.15) is 0 Å². The van der Waals surface area contributed by atoms with Crippen LogP contribution in [0.25, 0.3) is 10.2 Å². The van der Waals surface area contributed by atoms with E-state index in [1.807, 2.05) is 13.8 Å². The van der Waals surface area contributed by atoms with Crippen LogP contribution in [0.2, 0.25) is 0 Å². The summed E-state index contributed by atoms with van der Waals surface area (Å²) < 4.78 is 36.7. The molecule has 1 fully saturated rings. The molecule has 1 aromatic carbocycles. The fourth-order valence-corrected chi connectivity index (χ4v) is 4.79. The maximum Gasteiger partial charge on any atom is 0.266 e. The highest BCUT2D eigenvalue weighted by atomic mass is 32.2. The van der Waals surface area contributed by atoms with E-state index < -0.39 is 26.6 Å². The lowest BCUT2D eigenvalue weighted by atomic mass is 10.1. The van der Waals surface area contributed by atoms with Crippen LogP contribution in [-0.4, -0.2) is 24.3 Å². The van der Waals surface area contributed by atoms with E-state index in [2.05, 4.69) is 15.3 Å². The maximum absolute atomic E-state index is 13.7. The van der Waals surface area contributed by atoms with Crippen molar-refractivity contribution < 1.29 is 17.6 Å². The predicted molar refractivity (Wildman–Crippen MR) is 105 cm³/mol. The van der Waals surface area contributed by atoms with Gasteiger partial charge >= 0.3 is 0 Å². The third kappa shape index (κ3) is 3.50. The molecule has 7 nitrogen and oxygen atoms in total. The lowest BCUT2D eigenvalue weighted by Gasteiger charge is -2.07. The van der Waals surface area contributed by atoms with Crippen molar-refractivity contribution in [1.82, 2.24) is 9.97 Å². The summed E-state index contributed by atoms with van der Waals surface area (Å²) in [7, 11) is -4.10. The number of amides is 1. The van der Waals surface area contributed by atoms with Crippen molar-refractivity contribution in [3.63, 3.8) is 0 Å². The molecular weight excluding hydrogens is 403 g/mol. The minimum atomic E-state index is -4.10. The highest BCUT2D eigenvalue weighted by Crippen LogP contribution is 2.40. The Kier molecular flexibility index (Phi) is 4.44. The Labute approximate surface area is 164 Å². The average molecular weight is 420 g/mol. The van der Waals surface area contributed by atoms with E-state index >= 15 is 0 Å². The van der Waals surface area contributed by atoms with Gasteiger partial charge in [0.25, 0.3) is 5.91 Å². The fraction of sp³-hybridized carbons (Fsp3) is 0.278. The van der Waals surface area contributed by atoms with Crippen LogP contribution in [0.1, 0.15) is 45.5 Å². The number of aromatic nitrogens is 2. The average Bonchev–Trinajstić information content (AvgIpc) is 3.37. The molecule has 146 valence electrons. The summed E-state index contributed by atoms with van der Waals surface area (Å²) in [5.41, 5.74) is 1.56. The molecule has 2 aromatic heterocycles. The number of rotatable bonds is 4. The van der Waals surface area contributed by atoms with Gasteiger partial charge in [0.2, 0.25) is 10.0 Å². The SMILES string of the molecule is Cc1nc(C2CC2)nc2sc(C(=O)Nc3cc(F)cc(S(N)(=O)=O)c3)c(C)c12. The molecule has 1 saturated carbocycles. The number of fused-ring (bicyclic) bond motifs is 1. The van der Waals surface area contributed by atoms with Gasteiger partial charge in [-0.05, 0) is 50.5 Å². The van der Waals surface area contributed by atoms with E-state index in [-0.39, 0.29) is 5.69 Å². The number of hydrogen-bond donors (Lipinski definition) is 2. The molecule has 0 bridgehead atoms. The summed E-state index contributed by atoms with van der Waals surface area (Å²) >= 11 is 1.24. The number of sulfonamides is 1. The van der Waals surface area contributed by atoms with Gasteiger partial charge in [0, 0.05) is 17.0 Å². The van der Waals surface area contributed by atoms with E-state index in [9.17, 15) is 17.6 Å². The number of primary sulfonamides is 1. The van der Waals surface area contributed by atoms with Gasteiger partial charge in [-0.1, -0.05) is 0 Å². The molecular formula is C18H17FN4O3S2. The molecule has 2 heterocycles. The standard InChI is InChI=1S/C18H17FN4O3S2/c1-8-14-9(2)21-16(10-3-4-10)23-18(14)27-15(8)17(24)22-12-5-11(19)6-13(7-12)28(20,25)26/h5-7,10H,3-4H2,1-2H3,(H,22,24)(H2,20,25,26). The van der Waals surface area contributed by atoms with Crippen molar-refractivity contribution in [1.29, 1.82) is 0 Å². The molecule has 0 radical (unpaired) electrons. The minimum Gasteiger partial charge on any atom is -0.321 e. The molecule has 0 saturated heterocycles. The van der Waals surface area contributed by atoms with Gasteiger partial charge in [-0.15, -0.1) is 11.3 Å². The second-order valence-corrected chi connectivity index (χ2v) is 9.41. The number of anilines is 1. The van der Waals surface area contributed by atoms with E-state index in [1.165, 1.54) is 11.3 Å². The van der Waals surface area contributed by atoms with Crippen LogP contribution < -0.4 is 10.5 Å². The number of nitrogens with zero attached hydrogens (tertiary/aromatic N) is 2. The molecule has 3 N–H and O–H groups in total. The number of hydrogen-bond acceptors (Lipinski definition) is 6. The third-order valence-electron chi connectivity index (χ3n) is 4.59. The summed E-state index contributed by atoms with van der Waals surface area (Å²) in [6.07, 6.45) is 2.16. The van der Waals surface area contributed by atoms with E-state index in [4.69, 9.17) is 5.14 Å². The lowest BCUT2D eigenvalue weighted by molar-refractivity contribution is 0.103. The monoisotopic (exact) mass is 420 g/mol. The first-order valence-electron chi connectivity index (χ1n) is 8.56. The zero-order chi connectivity index (χ0) is 20.2. The maximum atomic E-state index is 13.7. The molecule has 1 amide bonds. The topological polar surface area (TPSA) is 115 Å². The van der Waals surface area contributed by atoms with E-state index in [0.29, 0.717) is 10.8 Å². The first-order valence-corrected chi connectivity index (χ1v) is 10.9. The Hall–Kier alpha value is -2.43. The van der Waals surface area contributed by atoms with E-state index in [0.717, 1.165) is 58.3 Å². The Morgan fingerprint density at radius 2 is 1.96 bits per heavy atom. The second-order valence-electron chi connectivity index (χ2n) is 6.85. The molecule has 28 heavy (non-hydrogen) atoms. The van der Waals surface area contributed by atoms with Crippen LogP contribution in [0.3, 0.4) is 0 Å². The summed E-state index contributed by atoms with van der Waals surface area (Å²) in [4.78, 5) is 22.7. The Bertz CT molecular complexity index is 1230. The van der Waals surface area contributed by atoms with Crippen LogP contribution >= 0.6 is 11.3 Å². The number of halogens is 1. The van der Waals surface area contributed by atoms with Gasteiger partial charge in [0.1, 0.15) is 16.5 Å². The Morgan fingerprint density at radius 1 is 1.25 bits per heavy atom. The fourth-order valence-electron chi connectivity index (χ4n) is 3.09. The van der Waals surface area contributed by atoms with Crippen molar-refractivity contribution in [2.45, 2.75) is 37.5 Å². The van der Waals surface area contributed by atoms with Crippen molar-refractivity contribution in [3.8, 4) is 0 Å². The van der Waals surface area contributed by atoms with Crippen molar-refractivity contribution >= 4 is 43.2 Å². The van der Waals surface area contributed by atoms with Crippen LogP contribution in [0.15, 0.2) is 23.1 Å². The van der Waals surface area contributed by atoms with Gasteiger partial charge < -0.3 is 5.32 Å². The number of nitrogens with one attached hydrogen (secondary N) is 1. The normalized spacial score (nSPS) is 14.4. The number of thiophene rings is 1. The van der Waals surface area contributed by atoms with Crippen LogP contribution in [0.5, 0.6) is 0 Å². The van der Waals surface area contributed by atoms with Crippen LogP contribution in [0, 0.1) is 19.7 Å². The van der Waals surface area contributed by atoms with Gasteiger partial charge in [0.05, 0.1) is 15.5 Å². The second kappa shape index (κ2) is 6.57. The number of carbonyl (C=O) groups is 1. The van der Waals surface area contributed by atoms with Crippen LogP contribution in [0.4, 0.5) is 10.1 Å². The zero-order valence-electron chi connectivity index (χ0n) is 15.1. The van der Waals surface area contributed by atoms with Gasteiger partial charge in [-0.25, -0.2) is 27.9 Å². The lowest BCUT2D eigenvalue weighted by Crippen LogP contribution is -2.15. The summed E-state index contributed by atoms with van der Waals surface area (Å²) in [5, 5.41) is 8.43. The summed E-state index contributed by atoms with van der Waals surface area (Å²) in [5.74, 6) is -0.0858. The minimum absolute atomic E-state index is 0.00681. The van der Waals surface area contributed by atoms with Crippen LogP contribution in [-0.2, 0) is 10.0 Å². The number of benzene rings is 1. The zero-order valence-corrected chi connectivity index (χ0v) is 16.7. The summed E-state index contributed by atoms with van der Waals surface area (Å²) in [6, 6.07) is 2.95. The summed E-state index contributed by atoms with van der Waals surface area (Å²) in [6.45, 7) is 3.70. The third-order valence-corrected chi connectivity index (χ3v) is 6.67. The van der Waals surface area contributed by atoms with Crippen molar-refractivity contribution in [2.75, 3.05) is 5.32 Å². The molecule has 1 aliphatic carbocycles. The Morgan fingerprint density at radius 3 is 2.61 bits per heavy atom. The Balaban J connectivity index is 1.71. The smallest absolute Gasteiger partial charge is 0.266 e. The molecule has 0 atom stereocenters. The van der Waals surface area contributed by atoms with Crippen molar-refractivity contribution in [3.05, 3.63) is 46.0 Å².